The average molecular weight is 645 g/mol. The van der Waals surface area contributed by atoms with Crippen molar-refractivity contribution in [2.45, 2.75) is 193 Å². The van der Waals surface area contributed by atoms with Crippen molar-refractivity contribution in [3.63, 3.8) is 0 Å². The second-order valence-electron chi connectivity index (χ2n) is 13.6. The van der Waals surface area contributed by atoms with Gasteiger partial charge >= 0.3 is 0 Å². The Morgan fingerprint density at radius 1 is 0.522 bits per heavy atom. The normalized spacial score (nSPS) is 13.3. The van der Waals surface area contributed by atoms with Gasteiger partial charge < -0.3 is 14.7 Å². The van der Waals surface area contributed by atoms with Gasteiger partial charge in [-0.05, 0) is 91.1 Å². The van der Waals surface area contributed by atoms with E-state index in [-0.39, 0.29) is 6.10 Å². The Balaban J connectivity index is 4.01. The lowest BCUT2D eigenvalue weighted by Crippen LogP contribution is -2.38. The van der Waals surface area contributed by atoms with E-state index in [9.17, 15) is 5.11 Å². The molecule has 0 bridgehead atoms. The summed E-state index contributed by atoms with van der Waals surface area (Å²) in [6.45, 7) is 6.15. The van der Waals surface area contributed by atoms with Crippen LogP contribution >= 0.6 is 0 Å². The average Bonchev–Trinajstić information content (AvgIpc) is 3.04. The summed E-state index contributed by atoms with van der Waals surface area (Å²) >= 11 is 0. The van der Waals surface area contributed by atoms with E-state index in [1.807, 2.05) is 0 Å². The third-order valence-electron chi connectivity index (χ3n) is 8.65. The number of nitrogens with one attached hydrogen (secondary N) is 1. The lowest BCUT2D eigenvalue weighted by atomic mass is 10.0. The van der Waals surface area contributed by atoms with E-state index in [4.69, 9.17) is 4.74 Å². The van der Waals surface area contributed by atoms with Gasteiger partial charge in [0.05, 0.1) is 6.10 Å². The lowest BCUT2D eigenvalue weighted by molar-refractivity contribution is -0.157. The summed E-state index contributed by atoms with van der Waals surface area (Å²) in [5.41, 5.74) is 0. The minimum Gasteiger partial charge on any atom is -0.356 e. The van der Waals surface area contributed by atoms with Crippen molar-refractivity contribution in [3.05, 3.63) is 48.6 Å². The minimum atomic E-state index is -0.862. The second kappa shape index (κ2) is 38.2. The Morgan fingerprint density at radius 2 is 0.891 bits per heavy atom. The van der Waals surface area contributed by atoms with Crippen LogP contribution in [0.1, 0.15) is 181 Å². The van der Waals surface area contributed by atoms with Crippen molar-refractivity contribution < 1.29 is 9.84 Å². The van der Waals surface area contributed by atoms with Gasteiger partial charge in [-0.25, -0.2) is 0 Å². The Bertz CT molecular complexity index is 652. The van der Waals surface area contributed by atoms with E-state index in [0.29, 0.717) is 0 Å². The number of aliphatic hydroxyl groups excluding tert-OH is 1. The van der Waals surface area contributed by atoms with Crippen LogP contribution in [-0.4, -0.2) is 49.7 Å². The molecule has 0 aromatic carbocycles. The first-order chi connectivity index (χ1) is 22.6. The quantitative estimate of drug-likeness (QED) is 0.0405. The largest absolute Gasteiger partial charge is 0.356 e. The molecule has 270 valence electrons. The van der Waals surface area contributed by atoms with Crippen LogP contribution in [0.15, 0.2) is 48.6 Å². The van der Waals surface area contributed by atoms with Crippen molar-refractivity contribution in [1.82, 2.24) is 10.2 Å². The zero-order valence-electron chi connectivity index (χ0n) is 31.4. The van der Waals surface area contributed by atoms with Crippen molar-refractivity contribution in [2.75, 3.05) is 27.2 Å². The molecule has 1 unspecified atom stereocenters. The van der Waals surface area contributed by atoms with Crippen molar-refractivity contribution in [3.8, 4) is 0 Å². The van der Waals surface area contributed by atoms with Gasteiger partial charge in [0.25, 0.3) is 0 Å². The van der Waals surface area contributed by atoms with Gasteiger partial charge in [0.2, 0.25) is 6.41 Å². The molecule has 46 heavy (non-hydrogen) atoms. The molecule has 0 aliphatic rings. The van der Waals surface area contributed by atoms with E-state index < -0.39 is 6.41 Å². The molecular formula is C42H80N2O2. The summed E-state index contributed by atoms with van der Waals surface area (Å²) in [5, 5.41) is 13.6. The van der Waals surface area contributed by atoms with Crippen LogP contribution in [0.3, 0.4) is 0 Å². The van der Waals surface area contributed by atoms with E-state index in [0.717, 1.165) is 38.8 Å². The molecule has 1 atom stereocenters. The van der Waals surface area contributed by atoms with Crippen LogP contribution in [0.2, 0.25) is 0 Å². The van der Waals surface area contributed by atoms with Crippen LogP contribution in [0, 0.1) is 0 Å². The number of hydrogen-bond acceptors (Lipinski definition) is 4. The Hall–Kier alpha value is -1.20. The van der Waals surface area contributed by atoms with Gasteiger partial charge in [-0.3, -0.25) is 5.32 Å². The molecule has 0 saturated heterocycles. The van der Waals surface area contributed by atoms with Crippen molar-refractivity contribution in [2.24, 2.45) is 0 Å². The molecule has 0 spiro atoms. The summed E-state index contributed by atoms with van der Waals surface area (Å²) in [6, 6.07) is 0. The molecule has 0 aliphatic heterocycles. The maximum Gasteiger partial charge on any atom is 0.213 e. The van der Waals surface area contributed by atoms with Gasteiger partial charge in [-0.1, -0.05) is 152 Å². The van der Waals surface area contributed by atoms with E-state index in [1.54, 1.807) is 0 Å². The highest BCUT2D eigenvalue weighted by atomic mass is 16.6. The van der Waals surface area contributed by atoms with E-state index in [2.05, 4.69) is 86.8 Å². The summed E-state index contributed by atoms with van der Waals surface area (Å²) < 4.78 is 6.08. The molecule has 2 N–H and O–H groups in total. The third-order valence-corrected chi connectivity index (χ3v) is 8.65. The van der Waals surface area contributed by atoms with Gasteiger partial charge in [0.15, 0.2) is 0 Å². The zero-order chi connectivity index (χ0) is 33.6. The van der Waals surface area contributed by atoms with Crippen molar-refractivity contribution in [1.29, 1.82) is 0 Å². The van der Waals surface area contributed by atoms with Gasteiger partial charge in [-0.15, -0.1) is 0 Å². The molecule has 0 rings (SSSR count). The van der Waals surface area contributed by atoms with E-state index in [1.165, 1.54) is 141 Å². The fourth-order valence-corrected chi connectivity index (χ4v) is 5.64. The van der Waals surface area contributed by atoms with Crippen LogP contribution in [0.5, 0.6) is 0 Å². The Kier molecular flexibility index (Phi) is 37.3. The van der Waals surface area contributed by atoms with Crippen LogP contribution < -0.4 is 5.32 Å². The Labute approximate surface area is 288 Å². The predicted octanol–water partition coefficient (Wildman–Crippen LogP) is 12.2. The molecular weight excluding hydrogens is 564 g/mol. The molecule has 4 nitrogen and oxygen atoms in total. The molecule has 0 amide bonds. The summed E-state index contributed by atoms with van der Waals surface area (Å²) in [7, 11) is 4.10. The first kappa shape index (κ1) is 44.8. The summed E-state index contributed by atoms with van der Waals surface area (Å²) in [6.07, 6.45) is 50.7. The highest BCUT2D eigenvalue weighted by molar-refractivity contribution is 4.93. The molecule has 0 heterocycles. The SMILES string of the molecule is CCCCC/C=C\C/C=C\CCCCCCCCC(CCCCCCCC/C=C\C/C=C\CCCCC)OC(O)NCCN(C)C. The summed E-state index contributed by atoms with van der Waals surface area (Å²) in [4.78, 5) is 2.12. The molecule has 4 heteroatoms. The fraction of sp³-hybridized carbons (Fsp3) is 0.810. The molecule has 0 aliphatic carbocycles. The predicted molar refractivity (Wildman–Crippen MR) is 205 cm³/mol. The highest BCUT2D eigenvalue weighted by Gasteiger charge is 2.14. The van der Waals surface area contributed by atoms with Crippen LogP contribution in [-0.2, 0) is 4.74 Å². The highest BCUT2D eigenvalue weighted by Crippen LogP contribution is 2.18. The molecule has 0 saturated carbocycles. The number of unbranched alkanes of at least 4 members (excludes halogenated alkanes) is 18. The standard InChI is InChI=1S/C42H80N2O2/c1-5-7-9-11-13-15-17-19-21-23-25-27-29-31-33-35-37-41(46-42(45)43-39-40-44(3)4)38-36-34-32-30-28-26-24-22-20-18-16-14-12-10-8-6-2/h13-16,19-22,41-43,45H,5-12,17-18,23-40H2,1-4H3/b15-13-,16-14-,21-19-,22-20-. The molecule has 0 fully saturated rings. The molecule has 0 radical (unpaired) electrons. The number of hydrogen-bond donors (Lipinski definition) is 2. The van der Waals surface area contributed by atoms with Crippen LogP contribution in [0.25, 0.3) is 0 Å². The van der Waals surface area contributed by atoms with E-state index >= 15 is 0 Å². The summed E-state index contributed by atoms with van der Waals surface area (Å²) in [5.74, 6) is 0. The Morgan fingerprint density at radius 3 is 1.28 bits per heavy atom. The second-order valence-corrected chi connectivity index (χ2v) is 13.6. The number of aliphatic hydroxyl groups is 1. The number of allylic oxidation sites excluding steroid dienone is 8. The first-order valence-corrected chi connectivity index (χ1v) is 19.9. The lowest BCUT2D eigenvalue weighted by Gasteiger charge is -2.23. The topological polar surface area (TPSA) is 44.7 Å². The first-order valence-electron chi connectivity index (χ1n) is 19.9. The van der Waals surface area contributed by atoms with Gasteiger partial charge in [-0.2, -0.15) is 0 Å². The molecule has 0 aromatic rings. The number of ether oxygens (including phenoxy) is 1. The smallest absolute Gasteiger partial charge is 0.213 e. The zero-order valence-corrected chi connectivity index (χ0v) is 31.4. The number of likely N-dealkylation sites (N-methyl/N-ethyl adjacent to an activating group) is 1. The maximum absolute atomic E-state index is 10.4. The van der Waals surface area contributed by atoms with Gasteiger partial charge in [0, 0.05) is 13.1 Å². The van der Waals surface area contributed by atoms with Gasteiger partial charge in [0.1, 0.15) is 0 Å². The third kappa shape index (κ3) is 37.3. The fourth-order valence-electron chi connectivity index (χ4n) is 5.64. The minimum absolute atomic E-state index is 0.151. The van der Waals surface area contributed by atoms with Crippen molar-refractivity contribution >= 4 is 0 Å². The number of rotatable bonds is 36. The molecule has 0 aromatic heterocycles. The maximum atomic E-state index is 10.4. The van der Waals surface area contributed by atoms with Crippen LogP contribution in [0.4, 0.5) is 0 Å². The number of nitrogens with zero attached hydrogens (tertiary/aromatic N) is 1. The monoisotopic (exact) mass is 645 g/mol.